The Bertz CT molecular complexity index is 1310. The Balaban J connectivity index is 2.61. The summed E-state index contributed by atoms with van der Waals surface area (Å²) >= 11 is 0. The fraction of sp³-hybridized carbons (Fsp3) is 0.500. The number of imidazole rings is 1. The van der Waals surface area contributed by atoms with Crippen molar-refractivity contribution >= 4 is 34.1 Å². The molecule has 1 aromatic carbocycles. The molecule has 1 atom stereocenters. The first-order valence-electron chi connectivity index (χ1n) is 12.3. The standard InChI is InChI=1S/C26H36N4O9S/c1-18-9-11-19(12-10-18)40(35,36)29(23(33)38-25(2,3)4)16-21(31)30(24(34)39-26(5,6)7)20(22(32)37-8)15-28-14-13-27-17-28/h9-14,17,20H,15-16H2,1-8H3. The molecule has 2 aromatic rings. The molecular weight excluding hydrogens is 544 g/mol. The molecule has 2 rings (SSSR count). The average molecular weight is 581 g/mol. The van der Waals surface area contributed by atoms with E-state index < -0.39 is 57.9 Å². The number of esters is 1. The van der Waals surface area contributed by atoms with Gasteiger partial charge in [-0.25, -0.2) is 32.7 Å². The van der Waals surface area contributed by atoms with Crippen molar-refractivity contribution in [3.63, 3.8) is 0 Å². The van der Waals surface area contributed by atoms with E-state index in [4.69, 9.17) is 14.2 Å². The zero-order valence-corrected chi connectivity index (χ0v) is 24.7. The normalized spacial score (nSPS) is 12.7. The Hall–Kier alpha value is -3.94. The summed E-state index contributed by atoms with van der Waals surface area (Å²) < 4.78 is 44.3. The third-order valence-electron chi connectivity index (χ3n) is 5.07. The number of carbonyl (C=O) groups excluding carboxylic acids is 4. The fourth-order valence-corrected chi connectivity index (χ4v) is 4.55. The number of sulfonamides is 1. The minimum absolute atomic E-state index is 0.216. The summed E-state index contributed by atoms with van der Waals surface area (Å²) in [7, 11) is -3.59. The van der Waals surface area contributed by atoms with E-state index in [2.05, 4.69) is 4.98 Å². The number of rotatable bonds is 8. The van der Waals surface area contributed by atoms with E-state index in [0.29, 0.717) is 4.90 Å². The SMILES string of the molecule is COC(=O)C(Cn1ccnc1)N(C(=O)CN(C(=O)OC(C)(C)C)S(=O)(=O)c1ccc(C)cc1)C(=O)OC(C)(C)C. The van der Waals surface area contributed by atoms with E-state index in [9.17, 15) is 27.6 Å². The van der Waals surface area contributed by atoms with Gasteiger partial charge in [0.1, 0.15) is 17.7 Å². The number of aryl methyl sites for hydroxylation is 1. The van der Waals surface area contributed by atoms with Gasteiger partial charge in [0.15, 0.2) is 6.04 Å². The molecule has 0 saturated heterocycles. The summed E-state index contributed by atoms with van der Waals surface area (Å²) in [5.41, 5.74) is -1.46. The number of amides is 3. The number of ether oxygens (including phenoxy) is 3. The van der Waals surface area contributed by atoms with Crippen LogP contribution in [0.3, 0.4) is 0 Å². The number of hydrogen-bond acceptors (Lipinski definition) is 10. The number of aromatic nitrogens is 2. The van der Waals surface area contributed by atoms with Crippen molar-refractivity contribution < 1.29 is 41.8 Å². The molecule has 0 bridgehead atoms. The summed E-state index contributed by atoms with van der Waals surface area (Å²) in [6, 6.07) is 3.99. The molecule has 13 nitrogen and oxygen atoms in total. The lowest BCUT2D eigenvalue weighted by Gasteiger charge is -2.32. The zero-order valence-electron chi connectivity index (χ0n) is 23.9. The monoisotopic (exact) mass is 580 g/mol. The van der Waals surface area contributed by atoms with Crippen molar-refractivity contribution in [3.05, 3.63) is 48.5 Å². The molecule has 1 aromatic heterocycles. The van der Waals surface area contributed by atoms with Gasteiger partial charge in [-0.05, 0) is 60.6 Å². The van der Waals surface area contributed by atoms with Crippen molar-refractivity contribution in [2.45, 2.75) is 77.2 Å². The minimum Gasteiger partial charge on any atom is -0.467 e. The van der Waals surface area contributed by atoms with Gasteiger partial charge in [-0.15, -0.1) is 0 Å². The van der Waals surface area contributed by atoms with Gasteiger partial charge in [0.25, 0.3) is 15.9 Å². The molecule has 1 heterocycles. The molecule has 0 saturated carbocycles. The first-order valence-corrected chi connectivity index (χ1v) is 13.7. The van der Waals surface area contributed by atoms with E-state index in [1.54, 1.807) is 27.7 Å². The summed E-state index contributed by atoms with van der Waals surface area (Å²) in [4.78, 5) is 57.1. The second kappa shape index (κ2) is 12.5. The number of hydrogen-bond donors (Lipinski definition) is 0. The Kier molecular flexibility index (Phi) is 10.1. The van der Waals surface area contributed by atoms with E-state index in [-0.39, 0.29) is 15.7 Å². The highest BCUT2D eigenvalue weighted by molar-refractivity contribution is 7.89. The van der Waals surface area contributed by atoms with Gasteiger partial charge in [0, 0.05) is 12.4 Å². The van der Waals surface area contributed by atoms with Crippen LogP contribution >= 0.6 is 0 Å². The molecule has 0 fully saturated rings. The predicted octanol–water partition coefficient (Wildman–Crippen LogP) is 3.12. The summed E-state index contributed by atoms with van der Waals surface area (Å²) in [6.07, 6.45) is 1.66. The minimum atomic E-state index is -4.65. The van der Waals surface area contributed by atoms with Gasteiger partial charge >= 0.3 is 18.2 Å². The summed E-state index contributed by atoms with van der Waals surface area (Å²) in [6.45, 7) is 9.49. The van der Waals surface area contributed by atoms with Crippen LogP contribution in [0, 0.1) is 6.92 Å². The van der Waals surface area contributed by atoms with E-state index in [1.807, 2.05) is 0 Å². The maximum atomic E-state index is 13.8. The summed E-state index contributed by atoms with van der Waals surface area (Å²) in [5, 5.41) is 0. The molecule has 220 valence electrons. The maximum absolute atomic E-state index is 13.8. The van der Waals surface area contributed by atoms with Crippen LogP contribution in [-0.2, 0) is 40.4 Å². The molecule has 0 spiro atoms. The van der Waals surface area contributed by atoms with Gasteiger partial charge in [0.05, 0.1) is 24.9 Å². The average Bonchev–Trinajstić information content (AvgIpc) is 3.32. The molecule has 0 N–H and O–H groups in total. The Morgan fingerprint density at radius 3 is 1.98 bits per heavy atom. The van der Waals surface area contributed by atoms with Crippen LogP contribution in [0.1, 0.15) is 47.1 Å². The second-order valence-corrected chi connectivity index (χ2v) is 12.7. The molecule has 40 heavy (non-hydrogen) atoms. The van der Waals surface area contributed by atoms with Gasteiger partial charge in [-0.2, -0.15) is 4.31 Å². The van der Waals surface area contributed by atoms with Gasteiger partial charge in [0.2, 0.25) is 0 Å². The number of nitrogens with zero attached hydrogens (tertiary/aromatic N) is 4. The quantitative estimate of drug-likeness (QED) is 0.336. The van der Waals surface area contributed by atoms with Crippen LogP contribution in [0.5, 0.6) is 0 Å². The highest BCUT2D eigenvalue weighted by Crippen LogP contribution is 2.22. The molecule has 14 heteroatoms. The Labute approximate surface area is 234 Å². The first-order chi connectivity index (χ1) is 18.4. The van der Waals surface area contributed by atoms with Crippen molar-refractivity contribution in [3.8, 4) is 0 Å². The van der Waals surface area contributed by atoms with Crippen molar-refractivity contribution in [1.29, 1.82) is 0 Å². The number of benzene rings is 1. The van der Waals surface area contributed by atoms with Crippen LogP contribution in [0.15, 0.2) is 47.9 Å². The topological polar surface area (TPSA) is 154 Å². The smallest absolute Gasteiger partial charge is 0.424 e. The lowest BCUT2D eigenvalue weighted by molar-refractivity contribution is -0.152. The largest absolute Gasteiger partial charge is 0.467 e. The lowest BCUT2D eigenvalue weighted by Crippen LogP contribution is -2.56. The third-order valence-corrected chi connectivity index (χ3v) is 6.80. The van der Waals surface area contributed by atoms with Gasteiger partial charge < -0.3 is 18.8 Å². The fourth-order valence-electron chi connectivity index (χ4n) is 3.30. The zero-order chi connectivity index (χ0) is 30.5. The maximum Gasteiger partial charge on any atom is 0.424 e. The van der Waals surface area contributed by atoms with Crippen molar-refractivity contribution in [2.24, 2.45) is 0 Å². The van der Waals surface area contributed by atoms with Crippen molar-refractivity contribution in [2.75, 3.05) is 13.7 Å². The highest BCUT2D eigenvalue weighted by atomic mass is 32.2. The molecule has 0 aliphatic carbocycles. The lowest BCUT2D eigenvalue weighted by atomic mass is 10.2. The molecular formula is C26H36N4O9S. The molecule has 0 aliphatic rings. The number of carbonyl (C=O) groups is 4. The first kappa shape index (κ1) is 32.3. The molecule has 0 aliphatic heterocycles. The number of imide groups is 1. The highest BCUT2D eigenvalue weighted by Gasteiger charge is 2.42. The number of methoxy groups -OCH3 is 1. The van der Waals surface area contributed by atoms with Crippen molar-refractivity contribution in [1.82, 2.24) is 18.8 Å². The van der Waals surface area contributed by atoms with Crippen LogP contribution in [0.4, 0.5) is 9.59 Å². The second-order valence-electron chi connectivity index (χ2n) is 10.8. The molecule has 0 radical (unpaired) electrons. The Morgan fingerprint density at radius 1 is 0.950 bits per heavy atom. The van der Waals surface area contributed by atoms with Crippen LogP contribution < -0.4 is 0 Å². The van der Waals surface area contributed by atoms with Crippen LogP contribution in [0.25, 0.3) is 0 Å². The van der Waals surface area contributed by atoms with E-state index in [0.717, 1.165) is 12.7 Å². The van der Waals surface area contributed by atoms with E-state index >= 15 is 0 Å². The van der Waals surface area contributed by atoms with Gasteiger partial charge in [-0.1, -0.05) is 17.7 Å². The predicted molar refractivity (Wildman–Crippen MR) is 142 cm³/mol. The Morgan fingerprint density at radius 2 is 1.50 bits per heavy atom. The van der Waals surface area contributed by atoms with Crippen LogP contribution in [0.2, 0.25) is 0 Å². The summed E-state index contributed by atoms with van der Waals surface area (Å²) in [5.74, 6) is -2.22. The van der Waals surface area contributed by atoms with Gasteiger partial charge in [-0.3, -0.25) is 4.79 Å². The molecule has 1 unspecified atom stereocenters. The molecule has 3 amide bonds. The third kappa shape index (κ3) is 8.79. The van der Waals surface area contributed by atoms with E-state index in [1.165, 1.54) is 68.3 Å². The van der Waals surface area contributed by atoms with Crippen LogP contribution in [-0.4, -0.2) is 82.1 Å².